The molecule has 1 saturated heterocycles. The van der Waals surface area contributed by atoms with Gasteiger partial charge in [0.25, 0.3) is 5.56 Å². The van der Waals surface area contributed by atoms with Gasteiger partial charge in [0, 0.05) is 6.42 Å². The van der Waals surface area contributed by atoms with Crippen LogP contribution >= 0.6 is 0 Å². The topological polar surface area (TPSA) is 139 Å². The summed E-state index contributed by atoms with van der Waals surface area (Å²) in [6, 6.07) is 0. The van der Waals surface area contributed by atoms with Crippen LogP contribution in [-0.2, 0) is 4.74 Å². The van der Waals surface area contributed by atoms with E-state index in [-0.39, 0.29) is 23.5 Å². The number of nitrogens with one attached hydrogen (secondary N) is 1. The van der Waals surface area contributed by atoms with Gasteiger partial charge >= 0.3 is 0 Å². The van der Waals surface area contributed by atoms with E-state index >= 15 is 0 Å². The highest BCUT2D eigenvalue weighted by molar-refractivity contribution is 5.70. The van der Waals surface area contributed by atoms with E-state index in [0.717, 1.165) is 0 Å². The molecule has 2 aromatic rings. The van der Waals surface area contributed by atoms with Crippen LogP contribution in [0.15, 0.2) is 11.1 Å². The Morgan fingerprint density at radius 3 is 3.21 bits per heavy atom. The fourth-order valence-corrected chi connectivity index (χ4v) is 2.09. The highest BCUT2D eigenvalue weighted by atomic mass is 16.5. The number of rotatable bonds is 2. The maximum atomic E-state index is 11.7. The van der Waals surface area contributed by atoms with Crippen LogP contribution in [0.3, 0.4) is 0 Å². The van der Waals surface area contributed by atoms with Gasteiger partial charge in [-0.15, -0.1) is 0 Å². The van der Waals surface area contributed by atoms with Crippen molar-refractivity contribution in [3.63, 3.8) is 0 Å². The fraction of sp³-hybridized carbons (Fsp3) is 0.500. The number of nitrogen functional groups attached to an aromatic ring is 1. The summed E-state index contributed by atoms with van der Waals surface area (Å²) in [6.45, 7) is -0.645. The van der Waals surface area contributed by atoms with Gasteiger partial charge in [0.15, 0.2) is 11.2 Å². The van der Waals surface area contributed by atoms with Crippen molar-refractivity contribution in [2.24, 2.45) is 0 Å². The molecule has 3 rings (SSSR count). The molecular formula is C10H13N5O4. The molecule has 9 nitrogen and oxygen atoms in total. The van der Waals surface area contributed by atoms with Gasteiger partial charge in [-0.3, -0.25) is 14.3 Å². The van der Waals surface area contributed by atoms with E-state index < -0.39 is 30.6 Å². The number of ether oxygens (including phenoxy) is 1. The average molecular weight is 268 g/mol. The number of aliphatic hydroxyl groups excluding tert-OH is 2. The van der Waals surface area contributed by atoms with Crippen molar-refractivity contribution >= 4 is 17.1 Å². The molecule has 2 aromatic heterocycles. The molecule has 1 aliphatic rings. The van der Waals surface area contributed by atoms with Crippen molar-refractivity contribution in [2.75, 3.05) is 12.3 Å². The summed E-state index contributed by atoms with van der Waals surface area (Å²) in [4.78, 5) is 21.9. The van der Waals surface area contributed by atoms with Crippen molar-refractivity contribution in [3.05, 3.63) is 16.7 Å². The number of imidazole rings is 1. The third-order valence-corrected chi connectivity index (χ3v) is 3.00. The van der Waals surface area contributed by atoms with Crippen molar-refractivity contribution < 1.29 is 16.3 Å². The smallest absolute Gasteiger partial charge is 0.280 e. The van der Waals surface area contributed by atoms with Crippen molar-refractivity contribution in [1.82, 2.24) is 19.5 Å². The van der Waals surface area contributed by atoms with Crippen LogP contribution in [-0.4, -0.2) is 48.5 Å². The zero-order valence-corrected chi connectivity index (χ0v) is 9.78. The average Bonchev–Trinajstić information content (AvgIpc) is 2.92. The first kappa shape index (κ1) is 10.9. The molecule has 0 spiro atoms. The summed E-state index contributed by atoms with van der Waals surface area (Å²) >= 11 is 0. The van der Waals surface area contributed by atoms with E-state index in [0.29, 0.717) is 0 Å². The van der Waals surface area contributed by atoms with Gasteiger partial charge in [-0.1, -0.05) is 0 Å². The van der Waals surface area contributed by atoms with Crippen LogP contribution in [0.1, 0.15) is 14.0 Å². The van der Waals surface area contributed by atoms with Gasteiger partial charge in [-0.25, -0.2) is 4.98 Å². The van der Waals surface area contributed by atoms with Crippen LogP contribution in [0.5, 0.6) is 0 Å². The molecule has 0 amide bonds. The number of H-pyrrole nitrogens is 1. The number of aromatic amines is 1. The number of nitrogens with two attached hydrogens (primary N) is 1. The molecule has 1 fully saturated rings. The van der Waals surface area contributed by atoms with Crippen molar-refractivity contribution in [2.45, 2.75) is 24.8 Å². The minimum absolute atomic E-state index is 0.0675. The van der Waals surface area contributed by atoms with Crippen LogP contribution in [0, 0.1) is 0 Å². The number of hydrogen-bond donors (Lipinski definition) is 4. The number of hydrogen-bond acceptors (Lipinski definition) is 7. The van der Waals surface area contributed by atoms with Gasteiger partial charge in [0.2, 0.25) is 5.95 Å². The lowest BCUT2D eigenvalue weighted by Crippen LogP contribution is -2.24. The minimum atomic E-state index is -1.80. The first-order chi connectivity index (χ1) is 9.44. The van der Waals surface area contributed by atoms with Crippen molar-refractivity contribution in [1.29, 1.82) is 0 Å². The summed E-state index contributed by atoms with van der Waals surface area (Å²) in [5.41, 5.74) is 5.29. The van der Waals surface area contributed by atoms with Crippen molar-refractivity contribution in [3.8, 4) is 0 Å². The van der Waals surface area contributed by atoms with E-state index in [9.17, 15) is 9.90 Å². The van der Waals surface area contributed by atoms with E-state index in [1.54, 1.807) is 0 Å². The van der Waals surface area contributed by atoms with Gasteiger partial charge in [-0.2, -0.15) is 4.98 Å². The number of aliphatic hydroxyl groups is 2. The Bertz CT molecular complexity index is 715. The first-order valence-corrected chi connectivity index (χ1v) is 5.63. The Morgan fingerprint density at radius 2 is 2.53 bits per heavy atom. The van der Waals surface area contributed by atoms with Gasteiger partial charge in [0.05, 0.1) is 20.4 Å². The van der Waals surface area contributed by atoms with Gasteiger partial charge < -0.3 is 20.7 Å². The van der Waals surface area contributed by atoms with E-state index in [2.05, 4.69) is 15.0 Å². The Hall–Kier alpha value is -1.97. The third-order valence-electron chi connectivity index (χ3n) is 3.00. The van der Waals surface area contributed by atoms with Gasteiger partial charge in [0.1, 0.15) is 12.3 Å². The normalized spacial score (nSPS) is 31.8. The molecule has 9 heteroatoms. The Labute approximate surface area is 108 Å². The maximum Gasteiger partial charge on any atom is 0.280 e. The Morgan fingerprint density at radius 1 is 1.74 bits per heavy atom. The van der Waals surface area contributed by atoms with Crippen LogP contribution in [0.25, 0.3) is 11.2 Å². The second-order valence-corrected chi connectivity index (χ2v) is 4.22. The predicted molar refractivity (Wildman–Crippen MR) is 64.2 cm³/mol. The third kappa shape index (κ3) is 1.87. The molecule has 0 radical (unpaired) electrons. The van der Waals surface area contributed by atoms with Crippen LogP contribution in [0.4, 0.5) is 5.95 Å². The number of nitrogens with zero attached hydrogens (tertiary/aromatic N) is 3. The first-order valence-electron chi connectivity index (χ1n) is 6.13. The largest absolute Gasteiger partial charge is 0.394 e. The SMILES string of the molecule is [2H][C@]1(CO)O[C@@H](n2cnc3c(=O)[nH]c(N)nc32)C[C@@H]1O. The Balaban J connectivity index is 2.06. The molecule has 3 atom stereocenters. The monoisotopic (exact) mass is 268 g/mol. The quantitative estimate of drug-likeness (QED) is 0.511. The predicted octanol–water partition coefficient (Wildman–Crippen LogP) is -1.66. The zero-order chi connectivity index (χ0) is 14.5. The molecule has 102 valence electrons. The molecule has 19 heavy (non-hydrogen) atoms. The summed E-state index contributed by atoms with van der Waals surface area (Å²) in [5.74, 6) is -0.0675. The minimum Gasteiger partial charge on any atom is -0.394 e. The second kappa shape index (κ2) is 4.30. The van der Waals surface area contributed by atoms with E-state index in [1.165, 1.54) is 10.9 Å². The number of aromatic nitrogens is 4. The van der Waals surface area contributed by atoms with Crippen LogP contribution < -0.4 is 11.3 Å². The lowest BCUT2D eigenvalue weighted by atomic mass is 10.2. The molecular weight excluding hydrogens is 254 g/mol. The molecule has 1 aliphatic heterocycles. The molecule has 3 heterocycles. The van der Waals surface area contributed by atoms with E-state index in [4.69, 9.17) is 16.9 Å². The summed E-state index contributed by atoms with van der Waals surface area (Å²) in [7, 11) is 0. The summed E-state index contributed by atoms with van der Waals surface area (Å²) in [6.07, 6.45) is -2.31. The molecule has 0 aromatic carbocycles. The molecule has 0 aliphatic carbocycles. The lowest BCUT2D eigenvalue weighted by Gasteiger charge is -2.13. The standard InChI is InChI=1S/C10H13N5O4/c11-10-13-8-7(9(18)14-10)12-3-15(8)6-1-4(17)5(2-16)19-6/h3-6,16-17H,1-2H2,(H3,11,13,14,18)/t4-,5+,6+/m0/s1/i5D. The van der Waals surface area contributed by atoms with Gasteiger partial charge in [-0.05, 0) is 0 Å². The Kier molecular flexibility index (Phi) is 2.47. The molecule has 0 bridgehead atoms. The van der Waals surface area contributed by atoms with E-state index in [1.807, 2.05) is 0 Å². The summed E-state index contributed by atoms with van der Waals surface area (Å²) in [5, 5.41) is 18.9. The highest BCUT2D eigenvalue weighted by Crippen LogP contribution is 2.30. The van der Waals surface area contributed by atoms with Crippen LogP contribution in [0.2, 0.25) is 0 Å². The molecule has 0 unspecified atom stereocenters. The molecule has 0 saturated carbocycles. The lowest BCUT2D eigenvalue weighted by molar-refractivity contribution is -0.0432. The number of anilines is 1. The fourth-order valence-electron chi connectivity index (χ4n) is 2.09. The second-order valence-electron chi connectivity index (χ2n) is 4.22. The number of fused-ring (bicyclic) bond motifs is 1. The zero-order valence-electron chi connectivity index (χ0n) is 10.8. The summed E-state index contributed by atoms with van der Waals surface area (Å²) < 4.78 is 14.5. The highest BCUT2D eigenvalue weighted by Gasteiger charge is 2.35. The molecule has 5 N–H and O–H groups in total. The maximum absolute atomic E-state index is 11.7.